The molecule has 1 aromatic carbocycles. The molecule has 5 heteroatoms. The number of nitrogens with one attached hydrogen (secondary N) is 1. The molecule has 0 radical (unpaired) electrons. The number of aromatic nitrogens is 1. The normalized spacial score (nSPS) is 10.3. The second kappa shape index (κ2) is 5.69. The second-order valence-electron chi connectivity index (χ2n) is 3.78. The third-order valence-electron chi connectivity index (χ3n) is 2.55. The number of carbonyl (C=O) groups excluding carboxylic acids is 1. The number of anilines is 1. The van der Waals surface area contributed by atoms with Gasteiger partial charge in [-0.1, -0.05) is 23.7 Å². The summed E-state index contributed by atoms with van der Waals surface area (Å²) < 4.78 is 4.58. The summed E-state index contributed by atoms with van der Waals surface area (Å²) >= 11 is 5.89. The van der Waals surface area contributed by atoms with Crippen LogP contribution in [-0.4, -0.2) is 24.6 Å². The first-order chi connectivity index (χ1) is 8.70. The first-order valence-electron chi connectivity index (χ1n) is 5.55. The Hall–Kier alpha value is -1.81. The van der Waals surface area contributed by atoms with Crippen molar-refractivity contribution in [2.45, 2.75) is 6.42 Å². The van der Waals surface area contributed by atoms with E-state index in [9.17, 15) is 4.79 Å². The van der Waals surface area contributed by atoms with Gasteiger partial charge in [0, 0.05) is 18.1 Å². The van der Waals surface area contributed by atoms with Crippen molar-refractivity contribution in [1.82, 2.24) is 4.98 Å². The maximum atomic E-state index is 11.0. The van der Waals surface area contributed by atoms with E-state index < -0.39 is 0 Å². The zero-order valence-corrected chi connectivity index (χ0v) is 10.7. The van der Waals surface area contributed by atoms with Crippen LogP contribution >= 0.6 is 11.6 Å². The molecule has 0 unspecified atom stereocenters. The number of halogens is 1. The maximum Gasteiger partial charge on any atom is 0.307 e. The molecule has 94 valence electrons. The average molecular weight is 265 g/mol. The van der Waals surface area contributed by atoms with Crippen molar-refractivity contribution in [3.8, 4) is 0 Å². The van der Waals surface area contributed by atoms with Crippen LogP contribution < -0.4 is 5.32 Å². The summed E-state index contributed by atoms with van der Waals surface area (Å²) in [7, 11) is 1.38. The Labute approximate surface area is 110 Å². The number of hydrogen-bond donors (Lipinski definition) is 1. The van der Waals surface area contributed by atoms with E-state index in [-0.39, 0.29) is 5.97 Å². The van der Waals surface area contributed by atoms with Crippen LogP contribution in [0.1, 0.15) is 6.42 Å². The number of hydrogen-bond acceptors (Lipinski definition) is 4. The number of benzene rings is 1. The molecule has 0 aliphatic heterocycles. The summed E-state index contributed by atoms with van der Waals surface area (Å²) in [5.41, 5.74) is 1.72. The number of nitrogens with zero attached hydrogens (tertiary/aromatic N) is 1. The monoisotopic (exact) mass is 264 g/mol. The predicted molar refractivity (Wildman–Crippen MR) is 71.9 cm³/mol. The molecule has 1 aromatic heterocycles. The summed E-state index contributed by atoms with van der Waals surface area (Å²) in [5, 5.41) is 4.74. The molecule has 0 amide bonds. The van der Waals surface area contributed by atoms with Gasteiger partial charge < -0.3 is 10.1 Å². The Bertz CT molecular complexity index is 572. The molecule has 18 heavy (non-hydrogen) atoms. The van der Waals surface area contributed by atoms with E-state index >= 15 is 0 Å². The number of esters is 1. The minimum Gasteiger partial charge on any atom is -0.469 e. The lowest BCUT2D eigenvalue weighted by Crippen LogP contribution is -2.10. The lowest BCUT2D eigenvalue weighted by Gasteiger charge is -2.08. The van der Waals surface area contributed by atoms with Crippen molar-refractivity contribution in [3.05, 3.63) is 35.5 Å². The van der Waals surface area contributed by atoms with Crippen molar-refractivity contribution in [2.24, 2.45) is 0 Å². The molecule has 0 saturated carbocycles. The van der Waals surface area contributed by atoms with Crippen LogP contribution in [0, 0.1) is 0 Å². The van der Waals surface area contributed by atoms with Crippen LogP contribution in [0.2, 0.25) is 5.02 Å². The lowest BCUT2D eigenvalue weighted by molar-refractivity contribution is -0.140. The SMILES string of the molecule is COC(=O)CCNc1cccc2cc(Cl)cnc12. The third-order valence-corrected chi connectivity index (χ3v) is 2.76. The average Bonchev–Trinajstić information content (AvgIpc) is 2.38. The van der Waals surface area contributed by atoms with Gasteiger partial charge in [0.25, 0.3) is 0 Å². The molecule has 0 bridgehead atoms. The van der Waals surface area contributed by atoms with Crippen LogP contribution in [-0.2, 0) is 9.53 Å². The number of ether oxygens (including phenoxy) is 1. The van der Waals surface area contributed by atoms with Gasteiger partial charge in [-0.2, -0.15) is 0 Å². The van der Waals surface area contributed by atoms with Gasteiger partial charge in [-0.15, -0.1) is 0 Å². The van der Waals surface area contributed by atoms with Gasteiger partial charge in [-0.3, -0.25) is 9.78 Å². The Morgan fingerprint density at radius 2 is 2.33 bits per heavy atom. The minimum atomic E-state index is -0.237. The van der Waals surface area contributed by atoms with Crippen LogP contribution in [0.15, 0.2) is 30.5 Å². The Morgan fingerprint density at radius 1 is 1.50 bits per heavy atom. The molecule has 0 saturated heterocycles. The number of pyridine rings is 1. The van der Waals surface area contributed by atoms with Crippen molar-refractivity contribution < 1.29 is 9.53 Å². The molecule has 0 aliphatic carbocycles. The highest BCUT2D eigenvalue weighted by Crippen LogP contribution is 2.23. The number of methoxy groups -OCH3 is 1. The molecule has 1 N–H and O–H groups in total. The number of para-hydroxylation sites is 1. The Balaban J connectivity index is 2.15. The Morgan fingerprint density at radius 3 is 3.11 bits per heavy atom. The molecule has 2 aromatic rings. The first kappa shape index (κ1) is 12.6. The molecule has 0 atom stereocenters. The van der Waals surface area contributed by atoms with Crippen LogP contribution in [0.25, 0.3) is 10.9 Å². The fourth-order valence-corrected chi connectivity index (χ4v) is 1.84. The van der Waals surface area contributed by atoms with Crippen molar-refractivity contribution in [1.29, 1.82) is 0 Å². The van der Waals surface area contributed by atoms with Gasteiger partial charge >= 0.3 is 5.97 Å². The molecule has 1 heterocycles. The summed E-state index contributed by atoms with van der Waals surface area (Å²) in [5.74, 6) is -0.237. The predicted octanol–water partition coefficient (Wildman–Crippen LogP) is 2.86. The highest BCUT2D eigenvalue weighted by atomic mass is 35.5. The fourth-order valence-electron chi connectivity index (χ4n) is 1.68. The summed E-state index contributed by atoms with van der Waals surface area (Å²) in [6.45, 7) is 0.510. The van der Waals surface area contributed by atoms with E-state index in [4.69, 9.17) is 11.6 Å². The molecule has 0 fully saturated rings. The molecule has 2 rings (SSSR count). The van der Waals surface area contributed by atoms with Gasteiger partial charge in [0.2, 0.25) is 0 Å². The van der Waals surface area contributed by atoms with E-state index in [1.54, 1.807) is 6.20 Å². The van der Waals surface area contributed by atoms with E-state index in [1.807, 2.05) is 24.3 Å². The minimum absolute atomic E-state index is 0.237. The Kier molecular flexibility index (Phi) is 3.99. The van der Waals surface area contributed by atoms with Gasteiger partial charge in [0.15, 0.2) is 0 Å². The van der Waals surface area contributed by atoms with Crippen LogP contribution in [0.4, 0.5) is 5.69 Å². The van der Waals surface area contributed by atoms with Crippen LogP contribution in [0.5, 0.6) is 0 Å². The van der Waals surface area contributed by atoms with E-state index in [0.29, 0.717) is 18.0 Å². The number of carbonyl (C=O) groups is 1. The molecule has 0 spiro atoms. The summed E-state index contributed by atoms with van der Waals surface area (Å²) in [6.07, 6.45) is 1.93. The fraction of sp³-hybridized carbons (Fsp3) is 0.231. The smallest absolute Gasteiger partial charge is 0.307 e. The van der Waals surface area contributed by atoms with Gasteiger partial charge in [0.1, 0.15) is 0 Å². The van der Waals surface area contributed by atoms with E-state index in [1.165, 1.54) is 7.11 Å². The van der Waals surface area contributed by atoms with E-state index in [0.717, 1.165) is 16.6 Å². The maximum absolute atomic E-state index is 11.0. The number of fused-ring (bicyclic) bond motifs is 1. The first-order valence-corrected chi connectivity index (χ1v) is 5.93. The lowest BCUT2D eigenvalue weighted by atomic mass is 10.2. The van der Waals surface area contributed by atoms with Crippen molar-refractivity contribution in [2.75, 3.05) is 19.0 Å². The second-order valence-corrected chi connectivity index (χ2v) is 4.22. The van der Waals surface area contributed by atoms with Gasteiger partial charge in [-0.05, 0) is 12.1 Å². The van der Waals surface area contributed by atoms with E-state index in [2.05, 4.69) is 15.0 Å². The van der Waals surface area contributed by atoms with Gasteiger partial charge in [0.05, 0.1) is 29.8 Å². The largest absolute Gasteiger partial charge is 0.469 e. The summed E-state index contributed by atoms with van der Waals surface area (Å²) in [4.78, 5) is 15.3. The molecule has 4 nitrogen and oxygen atoms in total. The topological polar surface area (TPSA) is 51.2 Å². The molecular weight excluding hydrogens is 252 g/mol. The standard InChI is InChI=1S/C13H13ClN2O2/c1-18-12(17)5-6-15-11-4-2-3-9-7-10(14)8-16-13(9)11/h2-4,7-8,15H,5-6H2,1H3. The molecular formula is C13H13ClN2O2. The van der Waals surface area contributed by atoms with Gasteiger partial charge in [-0.25, -0.2) is 0 Å². The number of rotatable bonds is 4. The van der Waals surface area contributed by atoms with Crippen molar-refractivity contribution >= 4 is 34.2 Å². The summed E-state index contributed by atoms with van der Waals surface area (Å²) in [6, 6.07) is 7.64. The molecule has 0 aliphatic rings. The highest BCUT2D eigenvalue weighted by Gasteiger charge is 2.04. The highest BCUT2D eigenvalue weighted by molar-refractivity contribution is 6.31. The quantitative estimate of drug-likeness (QED) is 0.863. The zero-order valence-electron chi connectivity index (χ0n) is 9.94. The van der Waals surface area contributed by atoms with Crippen molar-refractivity contribution in [3.63, 3.8) is 0 Å². The third kappa shape index (κ3) is 2.90. The zero-order chi connectivity index (χ0) is 13.0. The van der Waals surface area contributed by atoms with Crippen LogP contribution in [0.3, 0.4) is 0 Å².